The number of aromatic carboxylic acids is 1. The molecule has 0 fully saturated rings. The molecule has 40 heavy (non-hydrogen) atoms. The third-order valence-electron chi connectivity index (χ3n) is 7.54. The van der Waals surface area contributed by atoms with Crippen molar-refractivity contribution >= 4 is 23.4 Å². The second kappa shape index (κ2) is 11.3. The lowest BCUT2D eigenvalue weighted by Crippen LogP contribution is -2.11. The summed E-state index contributed by atoms with van der Waals surface area (Å²) in [6.07, 6.45) is 6.25. The summed E-state index contributed by atoms with van der Waals surface area (Å²) < 4.78 is 7.16. The number of fused-ring (bicyclic) bond motifs is 3. The van der Waals surface area contributed by atoms with Crippen molar-refractivity contribution in [3.63, 3.8) is 0 Å². The van der Waals surface area contributed by atoms with Crippen LogP contribution in [0, 0.1) is 0 Å². The molecule has 2 N–H and O–H groups in total. The SMILES string of the molecule is CCc1cccc(CC)c1CC(=O)c1nn(C)c2c1CCCc1cnc(Nc3ccc(C(=O)O)cc3OC)nc1-2. The van der Waals surface area contributed by atoms with E-state index in [-0.39, 0.29) is 11.3 Å². The molecule has 0 radical (unpaired) electrons. The van der Waals surface area contributed by atoms with Gasteiger partial charge in [-0.05, 0) is 72.6 Å². The molecule has 2 heterocycles. The van der Waals surface area contributed by atoms with E-state index in [0.717, 1.165) is 60.2 Å². The predicted octanol–water partition coefficient (Wildman–Crippen LogP) is 5.37. The zero-order valence-corrected chi connectivity index (χ0v) is 23.2. The van der Waals surface area contributed by atoms with Crippen molar-refractivity contribution in [3.05, 3.63) is 81.7 Å². The number of methoxy groups -OCH3 is 1. The fourth-order valence-corrected chi connectivity index (χ4v) is 5.51. The van der Waals surface area contributed by atoms with Crippen molar-refractivity contribution in [1.29, 1.82) is 0 Å². The van der Waals surface area contributed by atoms with Gasteiger partial charge in [0.2, 0.25) is 5.95 Å². The van der Waals surface area contributed by atoms with Gasteiger partial charge in [0, 0.05) is 25.2 Å². The third-order valence-corrected chi connectivity index (χ3v) is 7.54. The Balaban J connectivity index is 1.51. The van der Waals surface area contributed by atoms with Crippen LogP contribution in [0.5, 0.6) is 5.75 Å². The smallest absolute Gasteiger partial charge is 0.335 e. The molecule has 9 heteroatoms. The molecule has 1 aliphatic rings. The second-order valence-electron chi connectivity index (χ2n) is 9.93. The summed E-state index contributed by atoms with van der Waals surface area (Å²) in [6.45, 7) is 4.24. The molecule has 206 valence electrons. The van der Waals surface area contributed by atoms with E-state index in [0.29, 0.717) is 29.5 Å². The minimum atomic E-state index is -1.04. The number of carboxylic acid groups (broad SMARTS) is 1. The van der Waals surface area contributed by atoms with Gasteiger partial charge in [-0.3, -0.25) is 9.48 Å². The number of hydrogen-bond donors (Lipinski definition) is 2. The van der Waals surface area contributed by atoms with E-state index in [2.05, 4.69) is 42.3 Å². The Bertz CT molecular complexity index is 1590. The van der Waals surface area contributed by atoms with E-state index in [4.69, 9.17) is 14.8 Å². The normalized spacial score (nSPS) is 12.3. The van der Waals surface area contributed by atoms with Gasteiger partial charge in [-0.25, -0.2) is 14.8 Å². The number of carboxylic acids is 1. The third kappa shape index (κ3) is 5.06. The maximum absolute atomic E-state index is 13.7. The van der Waals surface area contributed by atoms with Crippen LogP contribution >= 0.6 is 0 Å². The largest absolute Gasteiger partial charge is 0.495 e. The first kappa shape index (κ1) is 27.1. The van der Waals surface area contributed by atoms with E-state index in [1.165, 1.54) is 30.4 Å². The Hall–Kier alpha value is -4.53. The second-order valence-corrected chi connectivity index (χ2v) is 9.93. The lowest BCUT2D eigenvalue weighted by molar-refractivity contribution is 0.0696. The number of nitrogens with zero attached hydrogens (tertiary/aromatic N) is 4. The van der Waals surface area contributed by atoms with Crippen LogP contribution in [0.3, 0.4) is 0 Å². The lowest BCUT2D eigenvalue weighted by atomic mass is 9.92. The number of rotatable bonds is 9. The molecule has 2 aromatic carbocycles. The molecule has 0 spiro atoms. The maximum Gasteiger partial charge on any atom is 0.335 e. The van der Waals surface area contributed by atoms with Gasteiger partial charge in [-0.1, -0.05) is 32.0 Å². The van der Waals surface area contributed by atoms with Crippen LogP contribution in [0.25, 0.3) is 11.4 Å². The van der Waals surface area contributed by atoms with Crippen LogP contribution in [0.2, 0.25) is 0 Å². The number of ether oxygens (including phenoxy) is 1. The number of nitrogens with one attached hydrogen (secondary N) is 1. The monoisotopic (exact) mass is 539 g/mol. The average molecular weight is 540 g/mol. The van der Waals surface area contributed by atoms with Crippen molar-refractivity contribution in [2.75, 3.05) is 12.4 Å². The maximum atomic E-state index is 13.7. The van der Waals surface area contributed by atoms with Gasteiger partial charge >= 0.3 is 5.97 Å². The minimum Gasteiger partial charge on any atom is -0.495 e. The number of Topliss-reactive ketones (excluding diaryl/α,β-unsaturated/α-hetero) is 1. The summed E-state index contributed by atoms with van der Waals surface area (Å²) in [4.78, 5) is 34.5. The first-order valence-electron chi connectivity index (χ1n) is 13.6. The molecule has 4 aromatic rings. The zero-order chi connectivity index (χ0) is 28.4. The molecule has 0 saturated carbocycles. The molecule has 0 unspecified atom stereocenters. The number of aromatic nitrogens is 4. The van der Waals surface area contributed by atoms with Gasteiger partial charge < -0.3 is 15.2 Å². The van der Waals surface area contributed by atoms with Gasteiger partial charge in [0.1, 0.15) is 11.4 Å². The minimum absolute atomic E-state index is 0.0200. The number of carbonyl (C=O) groups excluding carboxylic acids is 1. The van der Waals surface area contributed by atoms with Gasteiger partial charge in [0.25, 0.3) is 0 Å². The first-order valence-corrected chi connectivity index (χ1v) is 13.6. The Morgan fingerprint density at radius 1 is 1.10 bits per heavy atom. The van der Waals surface area contributed by atoms with Gasteiger partial charge in [-0.15, -0.1) is 0 Å². The van der Waals surface area contributed by atoms with Crippen LogP contribution in [0.4, 0.5) is 11.6 Å². The van der Waals surface area contributed by atoms with Crippen molar-refractivity contribution < 1.29 is 19.4 Å². The fourth-order valence-electron chi connectivity index (χ4n) is 5.51. The van der Waals surface area contributed by atoms with E-state index >= 15 is 0 Å². The summed E-state index contributed by atoms with van der Waals surface area (Å²) in [6, 6.07) is 10.8. The highest BCUT2D eigenvalue weighted by Crippen LogP contribution is 2.35. The highest BCUT2D eigenvalue weighted by Gasteiger charge is 2.28. The van der Waals surface area contributed by atoms with Crippen molar-refractivity contribution in [3.8, 4) is 17.1 Å². The summed E-state index contributed by atoms with van der Waals surface area (Å²) in [5, 5.41) is 17.2. The van der Waals surface area contributed by atoms with E-state index < -0.39 is 5.97 Å². The number of benzene rings is 2. The van der Waals surface area contributed by atoms with Crippen molar-refractivity contribution in [2.24, 2.45) is 7.05 Å². The highest BCUT2D eigenvalue weighted by molar-refractivity contribution is 5.99. The highest BCUT2D eigenvalue weighted by atomic mass is 16.5. The summed E-state index contributed by atoms with van der Waals surface area (Å²) >= 11 is 0. The number of anilines is 2. The standard InChI is InChI=1S/C31H33N5O4/c1-5-18-9-7-10-19(6-2)23(18)16-25(37)28-22-12-8-11-21-17-32-31(34-27(21)29(22)36(3)35-28)33-24-14-13-20(30(38)39)15-26(24)40-4/h7,9-10,13-15,17H,5-6,8,11-12,16H2,1-4H3,(H,38,39)(H,32,33,34). The van der Waals surface area contributed by atoms with E-state index in [1.54, 1.807) is 16.9 Å². The molecular formula is C31H33N5O4. The molecule has 5 rings (SSSR count). The van der Waals surface area contributed by atoms with Gasteiger partial charge in [0.05, 0.1) is 29.7 Å². The van der Waals surface area contributed by atoms with Gasteiger partial charge in [0.15, 0.2) is 5.78 Å². The van der Waals surface area contributed by atoms with Gasteiger partial charge in [-0.2, -0.15) is 5.10 Å². The van der Waals surface area contributed by atoms with E-state index in [9.17, 15) is 14.7 Å². The number of carbonyl (C=O) groups is 2. The first-order chi connectivity index (χ1) is 19.3. The Morgan fingerprint density at radius 3 is 2.52 bits per heavy atom. The van der Waals surface area contributed by atoms with Crippen LogP contribution < -0.4 is 10.1 Å². The summed E-state index contributed by atoms with van der Waals surface area (Å²) in [5.74, 6) is -0.311. The lowest BCUT2D eigenvalue weighted by Gasteiger charge is -2.13. The Kier molecular flexibility index (Phi) is 7.64. The topological polar surface area (TPSA) is 119 Å². The summed E-state index contributed by atoms with van der Waals surface area (Å²) in [7, 11) is 3.33. The van der Waals surface area contributed by atoms with Crippen LogP contribution in [-0.2, 0) is 39.2 Å². The summed E-state index contributed by atoms with van der Waals surface area (Å²) in [5.41, 5.74) is 8.18. The van der Waals surface area contributed by atoms with Crippen LogP contribution in [0.1, 0.15) is 68.9 Å². The van der Waals surface area contributed by atoms with E-state index in [1.807, 2.05) is 7.05 Å². The Morgan fingerprint density at radius 2 is 1.85 bits per heavy atom. The molecule has 0 aliphatic heterocycles. The molecule has 2 aromatic heterocycles. The molecule has 0 amide bonds. The molecule has 0 atom stereocenters. The predicted molar refractivity (Wildman–Crippen MR) is 153 cm³/mol. The quantitative estimate of drug-likeness (QED) is 0.273. The number of ketones is 1. The number of aryl methyl sites for hydroxylation is 4. The van der Waals surface area contributed by atoms with Crippen molar-refractivity contribution in [2.45, 2.75) is 52.4 Å². The molecule has 0 bridgehead atoms. The molecule has 1 aliphatic carbocycles. The zero-order valence-electron chi connectivity index (χ0n) is 23.2. The Labute approximate surface area is 233 Å². The van der Waals surface area contributed by atoms with Crippen LogP contribution in [0.15, 0.2) is 42.6 Å². The molecular weight excluding hydrogens is 506 g/mol. The fraction of sp³-hybridized carbons (Fsp3) is 0.323. The molecule has 0 saturated heterocycles. The average Bonchev–Trinajstić information content (AvgIpc) is 3.17. The molecule has 9 nitrogen and oxygen atoms in total. The van der Waals surface area contributed by atoms with Crippen molar-refractivity contribution in [1.82, 2.24) is 19.7 Å². The van der Waals surface area contributed by atoms with Crippen LogP contribution in [-0.4, -0.2) is 43.7 Å². The number of hydrogen-bond acceptors (Lipinski definition) is 7.